The van der Waals surface area contributed by atoms with E-state index in [9.17, 15) is 9.59 Å². The largest absolute Gasteiger partial charge is 0.496 e. The lowest BCUT2D eigenvalue weighted by molar-refractivity contribution is -0.119. The molecule has 0 spiro atoms. The minimum atomic E-state index is -0.877. The van der Waals surface area contributed by atoms with Gasteiger partial charge in [-0.25, -0.2) is 0 Å². The first-order valence-electron chi connectivity index (χ1n) is 8.70. The van der Waals surface area contributed by atoms with Gasteiger partial charge in [0.05, 0.1) is 18.1 Å². The molecule has 2 aromatic heterocycles. The Kier molecular flexibility index (Phi) is 5.00. The van der Waals surface area contributed by atoms with E-state index in [-0.39, 0.29) is 5.56 Å². The average molecular weight is 408 g/mol. The second-order valence-corrected chi connectivity index (χ2v) is 7.11. The Bertz CT molecular complexity index is 1250. The summed E-state index contributed by atoms with van der Waals surface area (Å²) in [5, 5.41) is 20.0. The maximum atomic E-state index is 12.6. The zero-order valence-corrected chi connectivity index (χ0v) is 16.4. The molecule has 0 fully saturated rings. The minimum Gasteiger partial charge on any atom is -0.496 e. The predicted molar refractivity (Wildman–Crippen MR) is 109 cm³/mol. The van der Waals surface area contributed by atoms with Crippen molar-refractivity contribution in [2.75, 3.05) is 12.4 Å². The molecular formula is C19H16N6O3S. The molecule has 10 heteroatoms. The molecule has 1 unspecified atom stereocenters. The van der Waals surface area contributed by atoms with Gasteiger partial charge in [-0.2, -0.15) is 4.68 Å². The molecule has 0 saturated heterocycles. The van der Waals surface area contributed by atoms with Crippen LogP contribution in [-0.2, 0) is 4.79 Å². The highest BCUT2D eigenvalue weighted by atomic mass is 32.1. The van der Waals surface area contributed by atoms with Crippen molar-refractivity contribution in [2.45, 2.75) is 13.0 Å². The van der Waals surface area contributed by atoms with Gasteiger partial charge in [-0.1, -0.05) is 40.8 Å². The lowest BCUT2D eigenvalue weighted by Gasteiger charge is -2.12. The lowest BCUT2D eigenvalue weighted by Crippen LogP contribution is -2.34. The molecule has 0 aliphatic carbocycles. The Labute approximate surface area is 169 Å². The maximum absolute atomic E-state index is 12.6. The zero-order valence-electron chi connectivity index (χ0n) is 15.6. The third-order valence-corrected chi connectivity index (χ3v) is 5.20. The summed E-state index contributed by atoms with van der Waals surface area (Å²) in [7, 11) is 1.58. The lowest BCUT2D eigenvalue weighted by atomic mass is 10.2. The van der Waals surface area contributed by atoms with Gasteiger partial charge >= 0.3 is 0 Å². The fourth-order valence-electron chi connectivity index (χ4n) is 2.78. The summed E-state index contributed by atoms with van der Waals surface area (Å²) in [6.45, 7) is 1.57. The quantitative estimate of drug-likeness (QED) is 0.540. The van der Waals surface area contributed by atoms with E-state index >= 15 is 0 Å². The molecule has 9 nitrogen and oxygen atoms in total. The Morgan fingerprint density at radius 2 is 1.86 bits per heavy atom. The van der Waals surface area contributed by atoms with Crippen LogP contribution >= 0.6 is 11.3 Å². The summed E-state index contributed by atoms with van der Waals surface area (Å²) in [6.07, 6.45) is 0. The standard InChI is InChI=1S/C19H16N6O3S/c1-11(25-18(27)12-7-3-5-9-14(12)21-24-25)16(26)20-19-23-22-17(29-19)13-8-4-6-10-15(13)28-2/h3-11H,1-2H3,(H,20,23,26). The molecule has 1 N–H and O–H groups in total. The number of hydrogen-bond acceptors (Lipinski definition) is 8. The molecule has 1 amide bonds. The fourth-order valence-corrected chi connectivity index (χ4v) is 3.56. The van der Waals surface area contributed by atoms with Gasteiger partial charge in [0.2, 0.25) is 5.13 Å². The number of benzene rings is 2. The molecule has 0 aliphatic rings. The molecule has 0 bridgehead atoms. The van der Waals surface area contributed by atoms with Crippen molar-refractivity contribution in [3.63, 3.8) is 0 Å². The monoisotopic (exact) mass is 408 g/mol. The number of para-hydroxylation sites is 1. The van der Waals surface area contributed by atoms with Gasteiger partial charge < -0.3 is 4.74 Å². The molecule has 0 saturated carbocycles. The molecule has 146 valence electrons. The van der Waals surface area contributed by atoms with Gasteiger partial charge in [-0.05, 0) is 31.2 Å². The van der Waals surface area contributed by atoms with Crippen LogP contribution in [0.5, 0.6) is 5.75 Å². The fraction of sp³-hybridized carbons (Fsp3) is 0.158. The summed E-state index contributed by atoms with van der Waals surface area (Å²) >= 11 is 1.21. The molecule has 0 radical (unpaired) electrons. The second-order valence-electron chi connectivity index (χ2n) is 6.13. The maximum Gasteiger partial charge on any atom is 0.278 e. The van der Waals surface area contributed by atoms with E-state index in [1.54, 1.807) is 38.3 Å². The predicted octanol–water partition coefficient (Wildman–Crippen LogP) is 2.52. The smallest absolute Gasteiger partial charge is 0.278 e. The summed E-state index contributed by atoms with van der Waals surface area (Å²) in [5.74, 6) is 0.215. The van der Waals surface area contributed by atoms with E-state index in [1.165, 1.54) is 11.3 Å². The molecule has 2 aromatic carbocycles. The number of aromatic nitrogens is 5. The number of carbonyl (C=O) groups is 1. The minimum absolute atomic E-state index is 0.310. The number of ether oxygens (including phenoxy) is 1. The van der Waals surface area contributed by atoms with Crippen LogP contribution in [0.2, 0.25) is 0 Å². The van der Waals surface area contributed by atoms with Crippen LogP contribution in [0.3, 0.4) is 0 Å². The third-order valence-electron chi connectivity index (χ3n) is 4.33. The van der Waals surface area contributed by atoms with Gasteiger partial charge in [0, 0.05) is 0 Å². The van der Waals surface area contributed by atoms with Crippen molar-refractivity contribution in [3.05, 3.63) is 58.9 Å². The molecule has 4 rings (SSSR count). The summed E-state index contributed by atoms with van der Waals surface area (Å²) in [4.78, 5) is 25.3. The van der Waals surface area contributed by atoms with Crippen molar-refractivity contribution in [1.29, 1.82) is 0 Å². The van der Waals surface area contributed by atoms with E-state index in [4.69, 9.17) is 4.74 Å². The van der Waals surface area contributed by atoms with E-state index in [2.05, 4.69) is 25.8 Å². The average Bonchev–Trinajstić information content (AvgIpc) is 3.22. The number of amides is 1. The van der Waals surface area contributed by atoms with Crippen molar-refractivity contribution in [3.8, 4) is 16.3 Å². The Morgan fingerprint density at radius 3 is 2.69 bits per heavy atom. The Hall–Kier alpha value is -3.66. The van der Waals surface area contributed by atoms with Gasteiger partial charge in [-0.15, -0.1) is 15.3 Å². The van der Waals surface area contributed by atoms with Crippen molar-refractivity contribution < 1.29 is 9.53 Å². The van der Waals surface area contributed by atoms with E-state index in [0.29, 0.717) is 26.8 Å². The topological polar surface area (TPSA) is 112 Å². The number of fused-ring (bicyclic) bond motifs is 1. The SMILES string of the molecule is COc1ccccc1-c1nnc(NC(=O)C(C)n2nnc3ccccc3c2=O)s1. The van der Waals surface area contributed by atoms with E-state index in [0.717, 1.165) is 10.2 Å². The second kappa shape index (κ2) is 7.76. The number of nitrogens with zero attached hydrogens (tertiary/aromatic N) is 5. The van der Waals surface area contributed by atoms with Crippen LogP contribution in [0.4, 0.5) is 5.13 Å². The van der Waals surface area contributed by atoms with Crippen LogP contribution in [-0.4, -0.2) is 38.2 Å². The first kappa shape index (κ1) is 18.7. The molecule has 4 aromatic rings. The molecule has 1 atom stereocenters. The van der Waals surface area contributed by atoms with Crippen LogP contribution in [0.1, 0.15) is 13.0 Å². The number of hydrogen-bond donors (Lipinski definition) is 1. The molecule has 29 heavy (non-hydrogen) atoms. The summed E-state index contributed by atoms with van der Waals surface area (Å²) < 4.78 is 6.39. The molecule has 2 heterocycles. The summed E-state index contributed by atoms with van der Waals surface area (Å²) in [5.41, 5.74) is 0.870. The normalized spacial score (nSPS) is 11.9. The van der Waals surface area contributed by atoms with Crippen molar-refractivity contribution >= 4 is 33.3 Å². The highest BCUT2D eigenvalue weighted by Gasteiger charge is 2.21. The van der Waals surface area contributed by atoms with Crippen LogP contribution < -0.4 is 15.6 Å². The first-order chi connectivity index (χ1) is 14.1. The van der Waals surface area contributed by atoms with Crippen molar-refractivity contribution in [1.82, 2.24) is 25.2 Å². The van der Waals surface area contributed by atoms with Crippen LogP contribution in [0.15, 0.2) is 53.3 Å². The molecular weight excluding hydrogens is 392 g/mol. The number of anilines is 1. The van der Waals surface area contributed by atoms with Gasteiger partial charge in [-0.3, -0.25) is 14.9 Å². The number of methoxy groups -OCH3 is 1. The highest BCUT2D eigenvalue weighted by molar-refractivity contribution is 7.18. The number of nitrogens with one attached hydrogen (secondary N) is 1. The van der Waals surface area contributed by atoms with E-state index < -0.39 is 11.9 Å². The summed E-state index contributed by atoms with van der Waals surface area (Å²) in [6, 6.07) is 13.4. The number of rotatable bonds is 5. The third kappa shape index (κ3) is 3.57. The van der Waals surface area contributed by atoms with Crippen molar-refractivity contribution in [2.24, 2.45) is 0 Å². The number of carbonyl (C=O) groups excluding carboxylic acids is 1. The van der Waals surface area contributed by atoms with Gasteiger partial charge in [0.25, 0.3) is 11.5 Å². The molecule has 0 aliphatic heterocycles. The van der Waals surface area contributed by atoms with Gasteiger partial charge in [0.15, 0.2) is 5.01 Å². The Morgan fingerprint density at radius 1 is 1.10 bits per heavy atom. The van der Waals surface area contributed by atoms with Gasteiger partial charge in [0.1, 0.15) is 17.3 Å². The Balaban J connectivity index is 1.57. The van der Waals surface area contributed by atoms with E-state index in [1.807, 2.05) is 24.3 Å². The van der Waals surface area contributed by atoms with Crippen LogP contribution in [0, 0.1) is 0 Å². The first-order valence-corrected chi connectivity index (χ1v) is 9.52. The van der Waals surface area contributed by atoms with Crippen LogP contribution in [0.25, 0.3) is 21.5 Å². The highest BCUT2D eigenvalue weighted by Crippen LogP contribution is 2.33. The zero-order chi connectivity index (χ0) is 20.4.